The fourth-order valence-corrected chi connectivity index (χ4v) is 3.16. The van der Waals surface area contributed by atoms with Crippen LogP contribution in [0, 0.1) is 12.8 Å². The highest BCUT2D eigenvalue weighted by Crippen LogP contribution is 2.31. The van der Waals surface area contributed by atoms with E-state index in [0.717, 1.165) is 5.69 Å². The van der Waals surface area contributed by atoms with Crippen molar-refractivity contribution in [1.82, 2.24) is 15.5 Å². The number of carbonyl (C=O) groups is 1. The summed E-state index contributed by atoms with van der Waals surface area (Å²) in [6.07, 6.45) is 3.43. The number of hydrogen-bond donors (Lipinski definition) is 2. The van der Waals surface area contributed by atoms with Gasteiger partial charge in [-0.3, -0.25) is 9.78 Å². The molecule has 1 fully saturated rings. The number of aliphatic hydroxyl groups excluding tert-OH is 1. The Bertz CT molecular complexity index is 710. The standard InChI is InChI=1S/C18H23N3O4/c1-11-15(10-24-2)17(21-25-11)18(23)20-16(12-7-14(22)8-12)9-13-5-3-4-6-19-13/h3-6,12,14,16,22H,7-10H2,1-2H3,(H,20,23)/t12?,14?,16-/m1/s1. The molecule has 0 spiro atoms. The fraction of sp³-hybridized carbons (Fsp3) is 0.500. The van der Waals surface area contributed by atoms with E-state index in [1.807, 2.05) is 18.2 Å². The SMILES string of the molecule is COCc1c(C(=O)N[C@H](Cc2ccccn2)C2CC(O)C2)noc1C. The number of carbonyl (C=O) groups excluding carboxylic acids is 1. The van der Waals surface area contributed by atoms with E-state index in [2.05, 4.69) is 15.5 Å². The minimum absolute atomic E-state index is 0.113. The molecular formula is C18H23N3O4. The zero-order chi connectivity index (χ0) is 17.8. The van der Waals surface area contributed by atoms with Gasteiger partial charge in [-0.05, 0) is 37.8 Å². The smallest absolute Gasteiger partial charge is 0.274 e. The van der Waals surface area contributed by atoms with E-state index in [1.54, 1.807) is 20.2 Å². The van der Waals surface area contributed by atoms with Crippen molar-refractivity contribution in [3.63, 3.8) is 0 Å². The number of aryl methyl sites for hydroxylation is 1. The molecule has 0 unspecified atom stereocenters. The van der Waals surface area contributed by atoms with E-state index < -0.39 is 0 Å². The van der Waals surface area contributed by atoms with Crippen LogP contribution in [0.3, 0.4) is 0 Å². The number of nitrogens with one attached hydrogen (secondary N) is 1. The van der Waals surface area contributed by atoms with Gasteiger partial charge >= 0.3 is 0 Å². The molecule has 0 saturated heterocycles. The predicted molar refractivity (Wildman–Crippen MR) is 89.9 cm³/mol. The quantitative estimate of drug-likeness (QED) is 0.792. The first-order chi connectivity index (χ1) is 12.1. The van der Waals surface area contributed by atoms with Gasteiger partial charge in [0.05, 0.1) is 18.3 Å². The number of aliphatic hydroxyl groups is 1. The highest BCUT2D eigenvalue weighted by Gasteiger charge is 2.36. The first-order valence-corrected chi connectivity index (χ1v) is 8.41. The molecule has 2 aromatic rings. The van der Waals surface area contributed by atoms with E-state index >= 15 is 0 Å². The van der Waals surface area contributed by atoms with E-state index in [1.165, 1.54) is 0 Å². The maximum Gasteiger partial charge on any atom is 0.274 e. The number of rotatable bonds is 7. The average molecular weight is 345 g/mol. The van der Waals surface area contributed by atoms with Gasteiger partial charge in [-0.25, -0.2) is 0 Å². The Morgan fingerprint density at radius 2 is 2.28 bits per heavy atom. The zero-order valence-corrected chi connectivity index (χ0v) is 14.4. The maximum absolute atomic E-state index is 12.7. The van der Waals surface area contributed by atoms with Gasteiger partial charge in [0.25, 0.3) is 5.91 Å². The zero-order valence-electron chi connectivity index (χ0n) is 14.4. The molecule has 0 aliphatic heterocycles. The van der Waals surface area contributed by atoms with Crippen molar-refractivity contribution in [3.8, 4) is 0 Å². The fourth-order valence-electron chi connectivity index (χ4n) is 3.16. The van der Waals surface area contributed by atoms with Gasteiger partial charge in [-0.15, -0.1) is 0 Å². The lowest BCUT2D eigenvalue weighted by Gasteiger charge is -2.38. The summed E-state index contributed by atoms with van der Waals surface area (Å²) in [7, 11) is 1.56. The van der Waals surface area contributed by atoms with Crippen LogP contribution in [0.5, 0.6) is 0 Å². The molecule has 0 bridgehead atoms. The molecule has 25 heavy (non-hydrogen) atoms. The molecule has 1 amide bonds. The Hall–Kier alpha value is -2.25. The Morgan fingerprint density at radius 1 is 1.48 bits per heavy atom. The summed E-state index contributed by atoms with van der Waals surface area (Å²) in [6, 6.07) is 5.61. The topological polar surface area (TPSA) is 97.5 Å². The Kier molecular flexibility index (Phi) is 5.45. The summed E-state index contributed by atoms with van der Waals surface area (Å²) in [5.74, 6) is 0.512. The third-order valence-corrected chi connectivity index (χ3v) is 4.68. The number of hydrogen-bond acceptors (Lipinski definition) is 6. The molecule has 2 N–H and O–H groups in total. The van der Waals surface area contributed by atoms with Crippen LogP contribution in [0.2, 0.25) is 0 Å². The molecule has 2 aromatic heterocycles. The van der Waals surface area contributed by atoms with Crippen LogP contribution in [0.15, 0.2) is 28.9 Å². The highest BCUT2D eigenvalue weighted by atomic mass is 16.5. The number of amides is 1. The van der Waals surface area contributed by atoms with Crippen LogP contribution >= 0.6 is 0 Å². The van der Waals surface area contributed by atoms with Gasteiger partial charge in [0.15, 0.2) is 5.69 Å². The van der Waals surface area contributed by atoms with E-state index in [4.69, 9.17) is 9.26 Å². The summed E-state index contributed by atoms with van der Waals surface area (Å²) in [6.45, 7) is 2.02. The summed E-state index contributed by atoms with van der Waals surface area (Å²) < 4.78 is 10.3. The molecule has 7 heteroatoms. The molecule has 1 saturated carbocycles. The second kappa shape index (κ2) is 7.76. The molecule has 0 radical (unpaired) electrons. The first kappa shape index (κ1) is 17.6. The number of aromatic nitrogens is 2. The van der Waals surface area contributed by atoms with E-state index in [0.29, 0.717) is 30.6 Å². The van der Waals surface area contributed by atoms with Gasteiger partial charge < -0.3 is 19.7 Å². The summed E-state index contributed by atoms with van der Waals surface area (Å²) in [4.78, 5) is 17.0. The van der Waals surface area contributed by atoms with Gasteiger partial charge in [0.1, 0.15) is 5.76 Å². The van der Waals surface area contributed by atoms with Crippen LogP contribution in [0.25, 0.3) is 0 Å². The summed E-state index contributed by atoms with van der Waals surface area (Å²) in [5.41, 5.74) is 1.82. The molecule has 1 atom stereocenters. The maximum atomic E-state index is 12.7. The van der Waals surface area contributed by atoms with Crippen molar-refractivity contribution < 1.29 is 19.2 Å². The second-order valence-electron chi connectivity index (χ2n) is 6.49. The molecule has 2 heterocycles. The molecule has 7 nitrogen and oxygen atoms in total. The lowest BCUT2D eigenvalue weighted by Crippen LogP contribution is -2.48. The highest BCUT2D eigenvalue weighted by molar-refractivity contribution is 5.94. The Balaban J connectivity index is 1.74. The van der Waals surface area contributed by atoms with Crippen LogP contribution in [-0.2, 0) is 17.8 Å². The van der Waals surface area contributed by atoms with Crippen molar-refractivity contribution in [2.45, 2.75) is 44.9 Å². The lowest BCUT2D eigenvalue weighted by molar-refractivity contribution is 0.0236. The summed E-state index contributed by atoms with van der Waals surface area (Å²) in [5, 5.41) is 16.6. The molecule has 1 aliphatic carbocycles. The van der Waals surface area contributed by atoms with Crippen molar-refractivity contribution in [1.29, 1.82) is 0 Å². The van der Waals surface area contributed by atoms with Crippen LogP contribution in [0.4, 0.5) is 0 Å². The molecule has 0 aromatic carbocycles. The monoisotopic (exact) mass is 345 g/mol. The van der Waals surface area contributed by atoms with Gasteiger partial charge in [0, 0.05) is 31.5 Å². The van der Waals surface area contributed by atoms with Crippen LogP contribution in [0.1, 0.15) is 40.3 Å². The normalized spacial score (nSPS) is 20.8. The van der Waals surface area contributed by atoms with Crippen molar-refractivity contribution in [2.24, 2.45) is 5.92 Å². The minimum Gasteiger partial charge on any atom is -0.393 e. The Labute approximate surface area is 146 Å². The first-order valence-electron chi connectivity index (χ1n) is 8.41. The van der Waals surface area contributed by atoms with Gasteiger partial charge in [-0.1, -0.05) is 11.2 Å². The molecular weight excluding hydrogens is 322 g/mol. The number of ether oxygens (including phenoxy) is 1. The van der Waals surface area contributed by atoms with Crippen LogP contribution < -0.4 is 5.32 Å². The molecule has 3 rings (SSSR count). The third kappa shape index (κ3) is 4.05. The van der Waals surface area contributed by atoms with Crippen molar-refractivity contribution in [2.75, 3.05) is 7.11 Å². The number of pyridine rings is 1. The number of methoxy groups -OCH3 is 1. The largest absolute Gasteiger partial charge is 0.393 e. The van der Waals surface area contributed by atoms with Gasteiger partial charge in [-0.2, -0.15) is 0 Å². The average Bonchev–Trinajstić information content (AvgIpc) is 2.94. The molecule has 1 aliphatic rings. The van der Waals surface area contributed by atoms with E-state index in [-0.39, 0.29) is 36.3 Å². The van der Waals surface area contributed by atoms with Crippen molar-refractivity contribution in [3.05, 3.63) is 47.1 Å². The summed E-state index contributed by atoms with van der Waals surface area (Å²) >= 11 is 0. The van der Waals surface area contributed by atoms with Gasteiger partial charge in [0.2, 0.25) is 0 Å². The predicted octanol–water partition coefficient (Wildman–Crippen LogP) is 1.64. The third-order valence-electron chi connectivity index (χ3n) is 4.68. The second-order valence-corrected chi connectivity index (χ2v) is 6.49. The Morgan fingerprint density at radius 3 is 2.92 bits per heavy atom. The van der Waals surface area contributed by atoms with Crippen molar-refractivity contribution >= 4 is 5.91 Å². The minimum atomic E-state index is -0.286. The van der Waals surface area contributed by atoms with Crippen LogP contribution in [-0.4, -0.2) is 40.4 Å². The lowest BCUT2D eigenvalue weighted by atomic mass is 9.76. The molecule has 134 valence electrons. The van der Waals surface area contributed by atoms with E-state index in [9.17, 15) is 9.90 Å². The number of nitrogens with zero attached hydrogens (tertiary/aromatic N) is 2.